The highest BCUT2D eigenvalue weighted by atomic mass is 32.2. The molecule has 3 aliphatic heterocycles. The number of halogens is 1. The molecular weight excluding hydrogens is 980 g/mol. The first-order valence-electron chi connectivity index (χ1n) is 26.1. The molecule has 0 bridgehead atoms. The number of thiazole rings is 1. The first-order valence-corrected chi connectivity index (χ1v) is 27.8. The number of β-amino-alcohol motifs (C(OH)–C–C–N with tert-alkyl or cyclic N) is 1. The summed E-state index contributed by atoms with van der Waals surface area (Å²) in [5.41, 5.74) is 10.8. The third kappa shape index (κ3) is 11.7. The second-order valence-electron chi connectivity index (χ2n) is 22.2. The van der Waals surface area contributed by atoms with Crippen LogP contribution in [0.15, 0.2) is 70.4 Å². The monoisotopic (exact) mass is 1050 g/mol. The van der Waals surface area contributed by atoms with Crippen LogP contribution in [-0.4, -0.2) is 122 Å². The van der Waals surface area contributed by atoms with Crippen molar-refractivity contribution in [2.24, 2.45) is 22.5 Å². The molecule has 0 radical (unpaired) electrons. The maximum Gasteiger partial charge on any atom is 0.246 e. The van der Waals surface area contributed by atoms with Crippen molar-refractivity contribution in [3.05, 3.63) is 77.6 Å². The van der Waals surface area contributed by atoms with E-state index in [0.29, 0.717) is 61.5 Å². The number of carbonyl (C=O) groups is 4. The second-order valence-corrected chi connectivity index (χ2v) is 24.1. The average molecular weight is 1050 g/mol. The summed E-state index contributed by atoms with van der Waals surface area (Å²) in [6.07, 6.45) is 10.4. The third-order valence-corrected chi connectivity index (χ3v) is 17.7. The average Bonchev–Trinajstić information content (AvgIpc) is 4.11. The lowest BCUT2D eigenvalue weighted by Crippen LogP contribution is -2.57. The van der Waals surface area contributed by atoms with Crippen molar-refractivity contribution in [2.75, 3.05) is 44.2 Å². The smallest absolute Gasteiger partial charge is 0.246 e. The molecule has 1 saturated carbocycles. The second kappa shape index (κ2) is 22.3. The minimum absolute atomic E-state index is 0.0135. The molecule has 0 unspecified atom stereocenters. The van der Waals surface area contributed by atoms with Crippen LogP contribution < -0.4 is 26.0 Å². The number of benzene rings is 2. The number of fused-ring (bicyclic) bond motifs is 1. The number of hydrogen-bond acceptors (Lipinski definition) is 13. The minimum atomic E-state index is -0.918. The zero-order chi connectivity index (χ0) is 52.5. The van der Waals surface area contributed by atoms with Gasteiger partial charge < -0.3 is 45.5 Å². The van der Waals surface area contributed by atoms with Gasteiger partial charge in [-0.25, -0.2) is 19.3 Å². The number of aliphatic hydroxyl groups is 1. The number of nitrogens with two attached hydrogens (primary N) is 1. The Hall–Kier alpha value is -5.63. The fraction of sp³-hybridized carbons (Fsp3) is 0.545. The van der Waals surface area contributed by atoms with Gasteiger partial charge in [-0.3, -0.25) is 19.2 Å². The summed E-state index contributed by atoms with van der Waals surface area (Å²) in [6, 6.07) is 10.0. The highest BCUT2D eigenvalue weighted by molar-refractivity contribution is 7.99. The van der Waals surface area contributed by atoms with Crippen molar-refractivity contribution >= 4 is 63.4 Å². The molecule has 5 N–H and O–H groups in total. The quantitative estimate of drug-likeness (QED) is 0.0848. The van der Waals surface area contributed by atoms with Crippen molar-refractivity contribution in [1.82, 2.24) is 40.0 Å². The number of likely N-dealkylation sites (tertiary alicyclic amines) is 2. The van der Waals surface area contributed by atoms with Crippen LogP contribution in [0.3, 0.4) is 0 Å². The van der Waals surface area contributed by atoms with E-state index >= 15 is 4.39 Å². The molecule has 16 nitrogen and oxygen atoms in total. The molecule has 5 aromatic rings. The Morgan fingerprint density at radius 3 is 2.39 bits per heavy atom. The molecule has 3 atom stereocenters. The van der Waals surface area contributed by atoms with Gasteiger partial charge in [0.25, 0.3) is 0 Å². The van der Waals surface area contributed by atoms with Gasteiger partial charge in [0.2, 0.25) is 23.6 Å². The number of hydrogen-bond donors (Lipinski definition) is 4. The van der Waals surface area contributed by atoms with Crippen molar-refractivity contribution in [3.63, 3.8) is 0 Å². The number of aryl methyl sites for hydroxylation is 1. The molecule has 6 heterocycles. The Bertz CT molecular complexity index is 2830. The fourth-order valence-electron chi connectivity index (χ4n) is 11.1. The molecule has 74 heavy (non-hydrogen) atoms. The van der Waals surface area contributed by atoms with E-state index in [0.717, 1.165) is 76.7 Å². The van der Waals surface area contributed by atoms with Crippen molar-refractivity contribution in [1.29, 1.82) is 0 Å². The summed E-state index contributed by atoms with van der Waals surface area (Å²) in [7, 11) is 0. The van der Waals surface area contributed by atoms with E-state index in [4.69, 9.17) is 20.4 Å². The Labute approximate surface area is 441 Å². The number of aliphatic hydroxyl groups excluding tert-OH is 1. The molecule has 4 fully saturated rings. The van der Waals surface area contributed by atoms with E-state index in [2.05, 4.69) is 32.0 Å². The summed E-state index contributed by atoms with van der Waals surface area (Å²) >= 11 is 2.95. The summed E-state index contributed by atoms with van der Waals surface area (Å²) in [6.45, 7) is 14.8. The van der Waals surface area contributed by atoms with E-state index in [9.17, 15) is 24.3 Å². The van der Waals surface area contributed by atoms with Gasteiger partial charge in [0.15, 0.2) is 0 Å². The highest BCUT2D eigenvalue weighted by Gasteiger charge is 2.44. The van der Waals surface area contributed by atoms with Gasteiger partial charge in [-0.05, 0) is 99.4 Å². The predicted octanol–water partition coefficient (Wildman–Crippen LogP) is 7.65. The number of aromatic nitrogens is 4. The number of piperidine rings is 2. The number of nitrogens with one attached hydrogen (secondary N) is 2. The molecule has 2 aromatic carbocycles. The first-order chi connectivity index (χ1) is 35.4. The van der Waals surface area contributed by atoms with Gasteiger partial charge in [-0.2, -0.15) is 0 Å². The number of ether oxygens (including phenoxy) is 1. The number of carbonyl (C=O) groups excluding carboxylic acids is 4. The van der Waals surface area contributed by atoms with E-state index in [1.165, 1.54) is 34.9 Å². The van der Waals surface area contributed by atoms with Crippen molar-refractivity contribution in [2.45, 2.75) is 146 Å². The molecular formula is C55H71FN10O6S2. The number of anilines is 1. The SMILES string of the molecule is CC(=O)N[C@H](C(=O)N1C[C@H](O)C[C@H]1C(=O)NCc1ccc(-c2scnc2C)cc1OC1CCC(C(=O)N2CCC(n3cc(F)c4c(Sc5cnc(N6CCC(C)(CN)CC6)cn5)cccc43)CC2)CC1)C(C)(C)C. The Morgan fingerprint density at radius 2 is 1.74 bits per heavy atom. The van der Waals surface area contributed by atoms with Gasteiger partial charge in [0.1, 0.15) is 34.5 Å². The maximum atomic E-state index is 15.9. The largest absolute Gasteiger partial charge is 0.490 e. The molecule has 3 saturated heterocycles. The highest BCUT2D eigenvalue weighted by Crippen LogP contribution is 2.40. The molecule has 19 heteroatoms. The summed E-state index contributed by atoms with van der Waals surface area (Å²) in [5, 5.41) is 17.7. The summed E-state index contributed by atoms with van der Waals surface area (Å²) in [4.78, 5) is 75.2. The summed E-state index contributed by atoms with van der Waals surface area (Å²) in [5.74, 6) is 0.0499. The van der Waals surface area contributed by atoms with Gasteiger partial charge in [-0.1, -0.05) is 57.7 Å². The maximum absolute atomic E-state index is 15.9. The molecule has 0 spiro atoms. The molecule has 4 aliphatic rings. The van der Waals surface area contributed by atoms with Crippen LogP contribution in [0.2, 0.25) is 0 Å². The van der Waals surface area contributed by atoms with Crippen LogP contribution in [-0.2, 0) is 25.7 Å². The standard InChI is InChI=1S/C55H71FN10O6S2/c1-33-49(73-32-61-33)36-10-11-37(26-60-51(69)43-25-39(68)29-66(43)53(71)50(54(3,4)5)62-34(2)67)44(24-36)72-40-14-12-35(13-15-40)52(70)64-20-16-38(17-21-64)65-30-41(56)48-42(65)8-7-9-45(48)74-47-28-58-46(27-59-47)63-22-18-55(6,31-57)19-23-63/h7-11,24,27-28,30,32,35,38-40,43,50,68H,12-23,25-26,29,31,57H2,1-6H3,(H,60,69)(H,62,67)/t35?,39-,40?,43+,50-/m1/s1. The lowest BCUT2D eigenvalue weighted by molar-refractivity contribution is -0.143. The Morgan fingerprint density at radius 1 is 1.00 bits per heavy atom. The van der Waals surface area contributed by atoms with E-state index in [1.54, 1.807) is 12.4 Å². The summed E-state index contributed by atoms with van der Waals surface area (Å²) < 4.78 is 24.7. The van der Waals surface area contributed by atoms with Crippen LogP contribution in [0.4, 0.5) is 10.2 Å². The lowest BCUT2D eigenvalue weighted by Gasteiger charge is -2.39. The van der Waals surface area contributed by atoms with Crippen molar-refractivity contribution < 1.29 is 33.4 Å². The third-order valence-electron chi connectivity index (χ3n) is 15.7. The molecule has 1 aliphatic carbocycles. The van der Waals surface area contributed by atoms with Gasteiger partial charge in [0, 0.05) is 86.6 Å². The van der Waals surface area contributed by atoms with E-state index in [-0.39, 0.29) is 60.6 Å². The molecule has 3 aromatic heterocycles. The zero-order valence-corrected chi connectivity index (χ0v) is 45.1. The van der Waals surface area contributed by atoms with Crippen molar-refractivity contribution in [3.8, 4) is 16.2 Å². The number of nitrogens with zero attached hydrogens (tertiary/aromatic N) is 7. The number of rotatable bonds is 14. The van der Waals surface area contributed by atoms with Crippen LogP contribution in [0.5, 0.6) is 5.75 Å². The normalized spacial score (nSPS) is 21.9. The Balaban J connectivity index is 0.798. The molecule has 396 valence electrons. The molecule has 4 amide bonds. The predicted molar refractivity (Wildman–Crippen MR) is 285 cm³/mol. The van der Waals surface area contributed by atoms with Crippen LogP contribution in [0, 0.1) is 29.5 Å². The fourth-order valence-corrected chi connectivity index (χ4v) is 12.8. The van der Waals surface area contributed by atoms with Gasteiger partial charge in [0.05, 0.1) is 46.2 Å². The number of amides is 4. The minimum Gasteiger partial charge on any atom is -0.490 e. The van der Waals surface area contributed by atoms with E-state index in [1.807, 2.05) is 80.7 Å². The Kier molecular flexibility index (Phi) is 16.0. The van der Waals surface area contributed by atoms with Gasteiger partial charge >= 0.3 is 0 Å². The van der Waals surface area contributed by atoms with E-state index < -0.39 is 35.4 Å². The first kappa shape index (κ1) is 53.2. The van der Waals surface area contributed by atoms with Crippen LogP contribution >= 0.6 is 23.1 Å². The lowest BCUT2D eigenvalue weighted by atomic mass is 9.80. The molecule has 9 rings (SSSR count). The zero-order valence-electron chi connectivity index (χ0n) is 43.4. The topological polar surface area (TPSA) is 201 Å². The van der Waals surface area contributed by atoms with Crippen LogP contribution in [0.25, 0.3) is 21.3 Å². The van der Waals surface area contributed by atoms with Crippen LogP contribution in [0.1, 0.15) is 110 Å². The van der Waals surface area contributed by atoms with Gasteiger partial charge in [-0.15, -0.1) is 11.3 Å².